The fraction of sp³-hybridized carbons (Fsp3) is 0.250. The number of benzene rings is 2. The van der Waals surface area contributed by atoms with Gasteiger partial charge in [-0.25, -0.2) is 4.39 Å². The molecule has 2 aromatic rings. The third-order valence-corrected chi connectivity index (χ3v) is 3.89. The van der Waals surface area contributed by atoms with E-state index < -0.39 is 23.7 Å². The van der Waals surface area contributed by atoms with Gasteiger partial charge in [0, 0.05) is 28.8 Å². The lowest BCUT2D eigenvalue weighted by Crippen LogP contribution is -2.36. The van der Waals surface area contributed by atoms with Crippen LogP contribution in [0.25, 0.3) is 11.1 Å². The molecule has 0 fully saturated rings. The predicted molar refractivity (Wildman–Crippen MR) is 80.8 cm³/mol. The zero-order valence-electron chi connectivity index (χ0n) is 12.2. The topological polar surface area (TPSA) is 44.5 Å². The van der Waals surface area contributed by atoms with Gasteiger partial charge in [0.1, 0.15) is 18.5 Å². The molecule has 0 aliphatic carbocycles. The summed E-state index contributed by atoms with van der Waals surface area (Å²) >= 11 is 5.99. The van der Waals surface area contributed by atoms with Crippen LogP contribution in [0.5, 0.6) is 11.5 Å². The second-order valence-electron chi connectivity index (χ2n) is 5.26. The predicted octanol–water partition coefficient (Wildman–Crippen LogP) is 4.26. The van der Waals surface area contributed by atoms with Gasteiger partial charge in [-0.1, -0.05) is 17.7 Å². The van der Waals surface area contributed by atoms with E-state index in [1.807, 2.05) is 0 Å². The normalized spacial score (nSPS) is 17.0. The zero-order chi connectivity index (χ0) is 17.5. The Bertz CT molecular complexity index is 779. The molecule has 0 saturated heterocycles. The van der Waals surface area contributed by atoms with Crippen molar-refractivity contribution in [1.29, 1.82) is 0 Å². The molecule has 0 aromatic heterocycles. The van der Waals surface area contributed by atoms with Gasteiger partial charge in [0.05, 0.1) is 5.56 Å². The van der Waals surface area contributed by atoms with Gasteiger partial charge >= 0.3 is 6.18 Å². The van der Waals surface area contributed by atoms with Crippen LogP contribution < -0.4 is 15.2 Å². The fourth-order valence-corrected chi connectivity index (χ4v) is 2.69. The minimum absolute atomic E-state index is 0.158. The molecule has 1 aliphatic heterocycles. The van der Waals surface area contributed by atoms with Gasteiger partial charge in [0.15, 0.2) is 11.5 Å². The van der Waals surface area contributed by atoms with Gasteiger partial charge in [-0.2, -0.15) is 13.2 Å². The van der Waals surface area contributed by atoms with Crippen molar-refractivity contribution >= 4 is 11.6 Å². The molecular formula is C16H12ClF4NO2. The molecule has 2 N–H and O–H groups in total. The number of rotatable bonds is 2. The average molecular weight is 362 g/mol. The third kappa shape index (κ3) is 3.14. The maximum atomic E-state index is 13.8. The van der Waals surface area contributed by atoms with Crippen molar-refractivity contribution in [2.45, 2.75) is 12.3 Å². The van der Waals surface area contributed by atoms with E-state index in [9.17, 15) is 17.6 Å². The van der Waals surface area contributed by atoms with Gasteiger partial charge in [-0.15, -0.1) is 0 Å². The SMILES string of the molecule is NC[C@H]1COc2cc(F)cc(-c3ccc(C(F)(F)F)cc3Cl)c2O1. The smallest absolute Gasteiger partial charge is 0.416 e. The lowest BCUT2D eigenvalue weighted by Gasteiger charge is -2.27. The van der Waals surface area contributed by atoms with E-state index in [-0.39, 0.29) is 40.8 Å². The number of ether oxygens (including phenoxy) is 2. The van der Waals surface area contributed by atoms with E-state index in [0.717, 1.165) is 24.3 Å². The molecule has 2 aromatic carbocycles. The van der Waals surface area contributed by atoms with Crippen molar-refractivity contribution in [3.8, 4) is 22.6 Å². The van der Waals surface area contributed by atoms with Crippen LogP contribution in [0.4, 0.5) is 17.6 Å². The average Bonchev–Trinajstić information content (AvgIpc) is 2.52. The minimum atomic E-state index is -4.52. The van der Waals surface area contributed by atoms with Crippen LogP contribution in [0.2, 0.25) is 5.02 Å². The standard InChI is InChI=1S/C16H12ClF4NO2/c17-13-3-8(16(19,20)21)1-2-11(13)12-4-9(18)5-14-15(12)24-10(6-22)7-23-14/h1-5,10H,6-7,22H2/t10-/m0/s1. The molecule has 3 rings (SSSR count). The lowest BCUT2D eigenvalue weighted by molar-refractivity contribution is -0.137. The maximum Gasteiger partial charge on any atom is 0.416 e. The highest BCUT2D eigenvalue weighted by Gasteiger charge is 2.32. The summed E-state index contributed by atoms with van der Waals surface area (Å²) in [5.41, 5.74) is 5.08. The molecule has 0 saturated carbocycles. The van der Waals surface area contributed by atoms with Crippen LogP contribution in [0.15, 0.2) is 30.3 Å². The lowest BCUT2D eigenvalue weighted by atomic mass is 10.0. The Morgan fingerprint density at radius 3 is 2.54 bits per heavy atom. The van der Waals surface area contributed by atoms with E-state index >= 15 is 0 Å². The number of hydrogen-bond donors (Lipinski definition) is 1. The molecule has 0 bridgehead atoms. The van der Waals surface area contributed by atoms with Crippen LogP contribution in [0.3, 0.4) is 0 Å². The number of fused-ring (bicyclic) bond motifs is 1. The quantitative estimate of drug-likeness (QED) is 0.813. The van der Waals surface area contributed by atoms with Crippen LogP contribution in [0, 0.1) is 5.82 Å². The van der Waals surface area contributed by atoms with Crippen LogP contribution in [0.1, 0.15) is 5.56 Å². The Morgan fingerprint density at radius 1 is 1.17 bits per heavy atom. The first-order valence-electron chi connectivity index (χ1n) is 7.00. The Morgan fingerprint density at radius 2 is 1.92 bits per heavy atom. The Hall–Kier alpha value is -1.99. The minimum Gasteiger partial charge on any atom is -0.486 e. The molecule has 0 radical (unpaired) electrons. The van der Waals surface area contributed by atoms with Crippen molar-refractivity contribution in [3.05, 3.63) is 46.7 Å². The first-order chi connectivity index (χ1) is 11.3. The van der Waals surface area contributed by atoms with Crippen molar-refractivity contribution < 1.29 is 27.0 Å². The number of hydrogen-bond acceptors (Lipinski definition) is 3. The summed E-state index contributed by atoms with van der Waals surface area (Å²) in [5.74, 6) is -0.250. The highest BCUT2D eigenvalue weighted by Crippen LogP contribution is 2.45. The first kappa shape index (κ1) is 16.9. The highest BCUT2D eigenvalue weighted by atomic mass is 35.5. The molecule has 0 spiro atoms. The molecular weight excluding hydrogens is 350 g/mol. The molecule has 0 amide bonds. The van der Waals surface area contributed by atoms with E-state index in [0.29, 0.717) is 0 Å². The van der Waals surface area contributed by atoms with E-state index in [1.165, 1.54) is 6.07 Å². The summed E-state index contributed by atoms with van der Waals surface area (Å²) in [7, 11) is 0. The monoisotopic (exact) mass is 361 g/mol. The van der Waals surface area contributed by atoms with Crippen LogP contribution in [-0.2, 0) is 6.18 Å². The molecule has 1 aliphatic rings. The molecule has 24 heavy (non-hydrogen) atoms. The summed E-state index contributed by atoms with van der Waals surface area (Å²) in [4.78, 5) is 0. The van der Waals surface area contributed by atoms with Crippen molar-refractivity contribution in [1.82, 2.24) is 0 Å². The fourth-order valence-electron chi connectivity index (χ4n) is 2.41. The van der Waals surface area contributed by atoms with Crippen molar-refractivity contribution in [3.63, 3.8) is 0 Å². The van der Waals surface area contributed by atoms with Crippen LogP contribution in [-0.4, -0.2) is 19.3 Å². The molecule has 128 valence electrons. The van der Waals surface area contributed by atoms with E-state index in [1.54, 1.807) is 0 Å². The zero-order valence-corrected chi connectivity index (χ0v) is 12.9. The summed E-state index contributed by atoms with van der Waals surface area (Å²) < 4.78 is 63.2. The number of halogens is 5. The van der Waals surface area contributed by atoms with Gasteiger partial charge in [0.25, 0.3) is 0 Å². The second kappa shape index (κ2) is 6.14. The Labute approximate surface area is 139 Å². The Kier molecular flexibility index (Phi) is 4.31. The summed E-state index contributed by atoms with van der Waals surface area (Å²) in [6.07, 6.45) is -4.96. The summed E-state index contributed by atoms with van der Waals surface area (Å²) in [6, 6.07) is 5.12. The van der Waals surface area contributed by atoms with Gasteiger partial charge < -0.3 is 15.2 Å². The number of nitrogens with two attached hydrogens (primary N) is 1. The molecule has 1 atom stereocenters. The summed E-state index contributed by atoms with van der Waals surface area (Å²) in [6.45, 7) is 0.337. The molecule has 1 heterocycles. The van der Waals surface area contributed by atoms with Crippen molar-refractivity contribution in [2.24, 2.45) is 5.73 Å². The van der Waals surface area contributed by atoms with E-state index in [2.05, 4.69) is 0 Å². The van der Waals surface area contributed by atoms with E-state index in [4.69, 9.17) is 26.8 Å². The third-order valence-electron chi connectivity index (χ3n) is 3.58. The second-order valence-corrected chi connectivity index (χ2v) is 5.67. The van der Waals surface area contributed by atoms with Crippen LogP contribution >= 0.6 is 11.6 Å². The molecule has 3 nitrogen and oxygen atoms in total. The van der Waals surface area contributed by atoms with Crippen molar-refractivity contribution in [2.75, 3.05) is 13.2 Å². The summed E-state index contributed by atoms with van der Waals surface area (Å²) in [5, 5.41) is -0.170. The van der Waals surface area contributed by atoms with Gasteiger partial charge in [0.2, 0.25) is 0 Å². The number of alkyl halides is 3. The van der Waals surface area contributed by atoms with Gasteiger partial charge in [-0.3, -0.25) is 0 Å². The van der Waals surface area contributed by atoms with Gasteiger partial charge in [-0.05, 0) is 18.2 Å². The molecule has 8 heteroatoms. The first-order valence-corrected chi connectivity index (χ1v) is 7.37. The largest absolute Gasteiger partial charge is 0.486 e. The maximum absolute atomic E-state index is 13.8. The molecule has 0 unspecified atom stereocenters. The Balaban J connectivity index is 2.12. The highest BCUT2D eigenvalue weighted by molar-refractivity contribution is 6.33.